The van der Waals surface area contributed by atoms with Crippen LogP contribution in [0.4, 0.5) is 0 Å². The van der Waals surface area contributed by atoms with Crippen LogP contribution in [0.15, 0.2) is 42.3 Å². The van der Waals surface area contributed by atoms with Crippen LogP contribution in [0.5, 0.6) is 0 Å². The maximum atomic E-state index is 4.39. The van der Waals surface area contributed by atoms with Crippen molar-refractivity contribution in [1.29, 1.82) is 0 Å². The molecule has 0 aromatic carbocycles. The maximum Gasteiger partial charge on any atom is 0.0343 e. The van der Waals surface area contributed by atoms with Crippen molar-refractivity contribution in [3.8, 4) is 0 Å². The van der Waals surface area contributed by atoms with Crippen molar-refractivity contribution < 1.29 is 0 Å². The Hall–Kier alpha value is -1.37. The minimum Gasteiger partial charge on any atom is -0.264 e. The first-order chi connectivity index (χ1) is 12.1. The lowest BCUT2D eigenvalue weighted by atomic mass is 9.47. The van der Waals surface area contributed by atoms with Crippen molar-refractivity contribution >= 4 is 5.57 Å². The quantitative estimate of drug-likeness (QED) is 0.540. The Balaban J connectivity index is 1.49. The van der Waals surface area contributed by atoms with Gasteiger partial charge in [-0.2, -0.15) is 0 Å². The molecule has 4 aliphatic carbocycles. The number of hydrogen-bond donors (Lipinski definition) is 0. The predicted octanol–water partition coefficient (Wildman–Crippen LogP) is 6.43. The first kappa shape index (κ1) is 15.9. The maximum absolute atomic E-state index is 4.39. The number of allylic oxidation sites excluding steroid dienone is 4. The Labute approximate surface area is 152 Å². The van der Waals surface area contributed by atoms with Crippen LogP contribution < -0.4 is 0 Å². The van der Waals surface area contributed by atoms with Crippen LogP contribution in [0.1, 0.15) is 70.8 Å². The monoisotopic (exact) mass is 333 g/mol. The van der Waals surface area contributed by atoms with Gasteiger partial charge in [-0.25, -0.2) is 0 Å². The molecule has 0 saturated heterocycles. The van der Waals surface area contributed by atoms with Gasteiger partial charge in [0, 0.05) is 12.4 Å². The molecule has 0 spiro atoms. The van der Waals surface area contributed by atoms with Gasteiger partial charge in [0.05, 0.1) is 0 Å². The van der Waals surface area contributed by atoms with Gasteiger partial charge < -0.3 is 0 Å². The zero-order valence-electron chi connectivity index (χ0n) is 15.8. The molecule has 132 valence electrons. The van der Waals surface area contributed by atoms with Crippen LogP contribution in [-0.2, 0) is 0 Å². The van der Waals surface area contributed by atoms with Crippen LogP contribution in [0.25, 0.3) is 5.57 Å². The van der Waals surface area contributed by atoms with Crippen molar-refractivity contribution in [2.75, 3.05) is 0 Å². The van der Waals surface area contributed by atoms with Gasteiger partial charge in [0.1, 0.15) is 0 Å². The van der Waals surface area contributed by atoms with E-state index in [0.29, 0.717) is 10.8 Å². The van der Waals surface area contributed by atoms with Gasteiger partial charge in [-0.05, 0) is 90.7 Å². The highest BCUT2D eigenvalue weighted by Crippen LogP contribution is 2.66. The van der Waals surface area contributed by atoms with Crippen molar-refractivity contribution in [2.24, 2.45) is 28.6 Å². The zero-order chi connectivity index (χ0) is 17.1. The van der Waals surface area contributed by atoms with E-state index in [0.717, 1.165) is 17.8 Å². The molecule has 0 radical (unpaired) electrons. The SMILES string of the molecule is CC12CC[C@H]3C(CC=C4CCCCC43C)C1CC=C2c1cccnc1. The molecule has 1 heterocycles. The molecule has 0 bridgehead atoms. The summed E-state index contributed by atoms with van der Waals surface area (Å²) >= 11 is 0. The Morgan fingerprint density at radius 1 is 1.00 bits per heavy atom. The molecule has 1 heteroatoms. The Morgan fingerprint density at radius 2 is 1.92 bits per heavy atom. The number of pyridine rings is 1. The average molecular weight is 334 g/mol. The topological polar surface area (TPSA) is 12.9 Å². The van der Waals surface area contributed by atoms with Gasteiger partial charge >= 0.3 is 0 Å². The summed E-state index contributed by atoms with van der Waals surface area (Å²) in [5.74, 6) is 2.64. The Morgan fingerprint density at radius 3 is 2.76 bits per heavy atom. The van der Waals surface area contributed by atoms with Crippen LogP contribution in [-0.4, -0.2) is 4.98 Å². The van der Waals surface area contributed by atoms with Crippen LogP contribution in [0.3, 0.4) is 0 Å². The molecule has 1 aromatic rings. The van der Waals surface area contributed by atoms with Crippen molar-refractivity contribution in [1.82, 2.24) is 4.98 Å². The van der Waals surface area contributed by atoms with Crippen LogP contribution in [0, 0.1) is 28.6 Å². The number of aromatic nitrogens is 1. The van der Waals surface area contributed by atoms with E-state index in [9.17, 15) is 0 Å². The molecule has 5 atom stereocenters. The third-order valence-electron chi connectivity index (χ3n) is 8.57. The Bertz CT molecular complexity index is 730. The van der Waals surface area contributed by atoms with Gasteiger partial charge in [0.2, 0.25) is 0 Å². The molecule has 5 rings (SSSR count). The number of nitrogens with zero attached hydrogens (tertiary/aromatic N) is 1. The van der Waals surface area contributed by atoms with E-state index in [4.69, 9.17) is 0 Å². The number of hydrogen-bond acceptors (Lipinski definition) is 1. The van der Waals surface area contributed by atoms with Gasteiger partial charge in [-0.1, -0.05) is 44.1 Å². The van der Waals surface area contributed by atoms with Crippen molar-refractivity contribution in [2.45, 2.75) is 65.2 Å². The molecular weight excluding hydrogens is 302 g/mol. The summed E-state index contributed by atoms with van der Waals surface area (Å²) in [7, 11) is 0. The van der Waals surface area contributed by atoms with E-state index < -0.39 is 0 Å². The molecule has 25 heavy (non-hydrogen) atoms. The molecule has 0 amide bonds. The fourth-order valence-electron chi connectivity index (χ4n) is 7.24. The van der Waals surface area contributed by atoms with Gasteiger partial charge in [-0.15, -0.1) is 0 Å². The summed E-state index contributed by atoms with van der Waals surface area (Å²) < 4.78 is 0. The summed E-state index contributed by atoms with van der Waals surface area (Å²) in [5.41, 5.74) is 5.65. The fourth-order valence-corrected chi connectivity index (χ4v) is 7.24. The van der Waals surface area contributed by atoms with E-state index >= 15 is 0 Å². The third-order valence-corrected chi connectivity index (χ3v) is 8.57. The average Bonchev–Trinajstić information content (AvgIpc) is 2.99. The minimum absolute atomic E-state index is 0.362. The van der Waals surface area contributed by atoms with Crippen LogP contribution in [0.2, 0.25) is 0 Å². The highest BCUT2D eigenvalue weighted by Gasteiger charge is 2.56. The highest BCUT2D eigenvalue weighted by atomic mass is 14.6. The van der Waals surface area contributed by atoms with E-state index in [1.165, 1.54) is 56.9 Å². The second kappa shape index (κ2) is 5.56. The summed E-state index contributed by atoms with van der Waals surface area (Å²) in [6.07, 6.45) is 20.3. The first-order valence-electron chi connectivity index (χ1n) is 10.4. The summed E-state index contributed by atoms with van der Waals surface area (Å²) in [4.78, 5) is 4.39. The molecule has 1 aromatic heterocycles. The van der Waals surface area contributed by atoms with Crippen molar-refractivity contribution in [3.05, 3.63) is 47.8 Å². The molecule has 4 unspecified atom stereocenters. The highest BCUT2D eigenvalue weighted by molar-refractivity contribution is 5.72. The predicted molar refractivity (Wildman–Crippen MR) is 104 cm³/mol. The summed E-state index contributed by atoms with van der Waals surface area (Å²) in [6.45, 7) is 5.17. The Kier molecular flexibility index (Phi) is 3.53. The van der Waals surface area contributed by atoms with Crippen LogP contribution >= 0.6 is 0 Å². The normalized spacial score (nSPS) is 42.7. The standard InChI is InChI=1S/C24H31N/c1-23-13-4-3-7-18(23)8-9-19-21-11-10-20(17-6-5-15-25-16-17)24(21,2)14-12-22(19)23/h5-6,8,10,15-16,19,21-22H,3-4,7,9,11-14H2,1-2H3/t19?,21?,22-,23?,24?/m0/s1. The first-order valence-corrected chi connectivity index (χ1v) is 10.4. The molecule has 2 saturated carbocycles. The zero-order valence-corrected chi connectivity index (χ0v) is 15.8. The lowest BCUT2D eigenvalue weighted by molar-refractivity contribution is -0.00980. The molecule has 4 aliphatic rings. The molecule has 2 fully saturated rings. The van der Waals surface area contributed by atoms with E-state index in [2.05, 4.69) is 49.3 Å². The second-order valence-electron chi connectivity index (χ2n) is 9.52. The lowest BCUT2D eigenvalue weighted by Gasteiger charge is -2.57. The minimum atomic E-state index is 0.362. The lowest BCUT2D eigenvalue weighted by Crippen LogP contribution is -2.48. The molecule has 0 N–H and O–H groups in total. The van der Waals surface area contributed by atoms with E-state index in [1.54, 1.807) is 5.57 Å². The fraction of sp³-hybridized carbons (Fsp3) is 0.625. The van der Waals surface area contributed by atoms with Crippen molar-refractivity contribution in [3.63, 3.8) is 0 Å². The largest absolute Gasteiger partial charge is 0.264 e. The molecule has 1 nitrogen and oxygen atoms in total. The van der Waals surface area contributed by atoms with E-state index in [-0.39, 0.29) is 0 Å². The number of rotatable bonds is 1. The van der Waals surface area contributed by atoms with Gasteiger partial charge in [0.25, 0.3) is 0 Å². The summed E-state index contributed by atoms with van der Waals surface area (Å²) in [6, 6.07) is 4.36. The van der Waals surface area contributed by atoms with E-state index in [1.807, 2.05) is 11.8 Å². The number of fused-ring (bicyclic) bond motifs is 5. The van der Waals surface area contributed by atoms with Gasteiger partial charge in [0.15, 0.2) is 0 Å². The second-order valence-corrected chi connectivity index (χ2v) is 9.52. The summed E-state index contributed by atoms with van der Waals surface area (Å²) in [5, 5.41) is 0. The molecular formula is C24H31N. The molecule has 0 aliphatic heterocycles. The third kappa shape index (κ3) is 2.17. The smallest absolute Gasteiger partial charge is 0.0343 e. The van der Waals surface area contributed by atoms with Gasteiger partial charge in [-0.3, -0.25) is 4.98 Å².